The molecule has 0 unspecified atom stereocenters. The van der Waals surface area contributed by atoms with E-state index in [1.807, 2.05) is 0 Å². The second kappa shape index (κ2) is 12.6. The van der Waals surface area contributed by atoms with Crippen LogP contribution in [0, 0.1) is 11.6 Å². The maximum Gasteiger partial charge on any atom is 0.252 e. The lowest BCUT2D eigenvalue weighted by atomic mass is 9.84. The van der Waals surface area contributed by atoms with E-state index in [1.54, 1.807) is 36.4 Å². The molecule has 2 N–H and O–H groups in total. The summed E-state index contributed by atoms with van der Waals surface area (Å²) in [5, 5.41) is 12.3. The molecule has 0 aromatic heterocycles. The Labute approximate surface area is 234 Å². The first kappa shape index (κ1) is 28.5. The van der Waals surface area contributed by atoms with Gasteiger partial charge in [0.15, 0.2) is 11.6 Å². The van der Waals surface area contributed by atoms with Crippen molar-refractivity contribution in [2.45, 2.75) is 31.0 Å². The Bertz CT molecular complexity index is 1380. The van der Waals surface area contributed by atoms with Crippen molar-refractivity contribution in [3.63, 3.8) is 0 Å². The van der Waals surface area contributed by atoms with Gasteiger partial charge >= 0.3 is 0 Å². The molecule has 0 aliphatic carbocycles. The zero-order chi connectivity index (χ0) is 28.0. The number of halogens is 4. The average molecular weight is 575 g/mol. The van der Waals surface area contributed by atoms with Crippen LogP contribution in [0.3, 0.4) is 0 Å². The van der Waals surface area contributed by atoms with E-state index in [2.05, 4.69) is 11.9 Å². The molecule has 6 nitrogen and oxygen atoms in total. The minimum Gasteiger partial charge on any atom is -0.494 e. The number of rotatable bonds is 11. The van der Waals surface area contributed by atoms with Crippen LogP contribution in [0.4, 0.5) is 8.78 Å². The van der Waals surface area contributed by atoms with Crippen LogP contribution in [0.2, 0.25) is 10.0 Å². The molecule has 0 fully saturated rings. The summed E-state index contributed by atoms with van der Waals surface area (Å²) in [5.41, 5.74) is -0.528. The molecule has 10 heteroatoms. The molecule has 2 atom stereocenters. The number of nitrogens with zero attached hydrogens (tertiary/aromatic N) is 1. The van der Waals surface area contributed by atoms with Crippen LogP contribution in [0.15, 0.2) is 78.3 Å². The van der Waals surface area contributed by atoms with Crippen LogP contribution < -0.4 is 10.1 Å². The van der Waals surface area contributed by atoms with Gasteiger partial charge in [0.1, 0.15) is 17.4 Å². The average Bonchev–Trinajstić information content (AvgIpc) is 3.30. The second-order valence-electron chi connectivity index (χ2n) is 8.87. The van der Waals surface area contributed by atoms with Gasteiger partial charge in [-0.15, -0.1) is 6.58 Å². The fourth-order valence-corrected chi connectivity index (χ4v) is 4.74. The summed E-state index contributed by atoms with van der Waals surface area (Å²) in [7, 11) is 0. The maximum atomic E-state index is 14.2. The summed E-state index contributed by atoms with van der Waals surface area (Å²) in [4.78, 5) is 18.5. The van der Waals surface area contributed by atoms with Gasteiger partial charge in [0.2, 0.25) is 5.90 Å². The third-order valence-electron chi connectivity index (χ3n) is 6.18. The molecular weight excluding hydrogens is 549 g/mol. The molecule has 204 valence electrons. The lowest BCUT2D eigenvalue weighted by molar-refractivity contribution is -0.129. The first-order valence-electron chi connectivity index (χ1n) is 12.2. The first-order chi connectivity index (χ1) is 18.8. The monoisotopic (exact) mass is 574 g/mol. The Morgan fingerprint density at radius 1 is 1.15 bits per heavy atom. The number of carbonyl (C=O) groups excluding carboxylic acids is 1. The summed E-state index contributed by atoms with van der Waals surface area (Å²) in [6.07, 6.45) is 1.11. The fraction of sp³-hybridized carbons (Fsp3) is 0.241. The number of hydrogen-bond donors (Lipinski definition) is 2. The van der Waals surface area contributed by atoms with Crippen LogP contribution in [0.25, 0.3) is 0 Å². The molecule has 0 radical (unpaired) electrons. The number of amides is 1. The van der Waals surface area contributed by atoms with Crippen molar-refractivity contribution in [1.82, 2.24) is 5.32 Å². The zero-order valence-electron chi connectivity index (χ0n) is 20.8. The van der Waals surface area contributed by atoms with E-state index in [1.165, 1.54) is 12.1 Å². The van der Waals surface area contributed by atoms with E-state index in [-0.39, 0.29) is 36.1 Å². The Morgan fingerprint density at radius 2 is 1.92 bits per heavy atom. The van der Waals surface area contributed by atoms with Gasteiger partial charge in [0.05, 0.1) is 6.61 Å². The van der Waals surface area contributed by atoms with E-state index in [0.717, 1.165) is 18.2 Å². The molecule has 39 heavy (non-hydrogen) atoms. The zero-order valence-corrected chi connectivity index (χ0v) is 22.3. The molecule has 1 aliphatic heterocycles. The van der Waals surface area contributed by atoms with Gasteiger partial charge in [0, 0.05) is 52.7 Å². The first-order valence-corrected chi connectivity index (χ1v) is 12.9. The van der Waals surface area contributed by atoms with Gasteiger partial charge in [-0.05, 0) is 54.6 Å². The Kier molecular flexibility index (Phi) is 9.22. The third kappa shape index (κ3) is 6.41. The van der Waals surface area contributed by atoms with Crippen molar-refractivity contribution in [2.24, 2.45) is 4.99 Å². The number of nitrogens with one attached hydrogen (secondary N) is 1. The molecule has 0 saturated heterocycles. The van der Waals surface area contributed by atoms with E-state index in [4.69, 9.17) is 42.8 Å². The summed E-state index contributed by atoms with van der Waals surface area (Å²) < 4.78 is 39.8. The molecule has 4 rings (SSSR count). The second-order valence-corrected chi connectivity index (χ2v) is 9.71. The molecule has 1 heterocycles. The third-order valence-corrected chi connectivity index (χ3v) is 6.74. The number of hydrogen-bond acceptors (Lipinski definition) is 5. The van der Waals surface area contributed by atoms with Crippen molar-refractivity contribution < 1.29 is 28.2 Å². The van der Waals surface area contributed by atoms with Crippen LogP contribution in [0.5, 0.6) is 5.75 Å². The SMILES string of the molecule is C=CC[C@@]1(C(=O)NCc2cc(F)ccc2F)N=C(c2ccc(OCCCO)cc2)O[C@@H]1c1ccc(Cl)cc1Cl. The van der Waals surface area contributed by atoms with Crippen LogP contribution >= 0.6 is 23.2 Å². The van der Waals surface area contributed by atoms with Crippen LogP contribution in [-0.2, 0) is 16.1 Å². The molecule has 3 aromatic rings. The fourth-order valence-electron chi connectivity index (χ4n) is 4.23. The Morgan fingerprint density at radius 3 is 2.62 bits per heavy atom. The predicted octanol–water partition coefficient (Wildman–Crippen LogP) is 6.18. The maximum absolute atomic E-state index is 14.2. The standard InChI is InChI=1S/C29H26Cl2F2N2O4/c1-2-12-29(28(37)34-17-19-15-21(32)7-11-25(19)33)26(23-10-6-20(30)16-24(23)31)39-27(35-29)18-4-8-22(9-5-18)38-14-3-13-36/h2,4-11,15-16,26,36H,1,3,12-14,17H2,(H,34,37)/t26-,29-/m1/s1. The van der Waals surface area contributed by atoms with Gasteiger partial charge in [0.25, 0.3) is 5.91 Å². The van der Waals surface area contributed by atoms with E-state index in [0.29, 0.717) is 34.9 Å². The largest absolute Gasteiger partial charge is 0.494 e. The molecule has 3 aromatic carbocycles. The molecule has 0 spiro atoms. The number of aliphatic hydroxyl groups excluding tert-OH is 1. The number of carbonyl (C=O) groups is 1. The highest BCUT2D eigenvalue weighted by Gasteiger charge is 2.53. The van der Waals surface area contributed by atoms with Gasteiger partial charge in [-0.3, -0.25) is 4.79 Å². The van der Waals surface area contributed by atoms with Gasteiger partial charge in [-0.2, -0.15) is 0 Å². The van der Waals surface area contributed by atoms with Crippen LogP contribution in [0.1, 0.15) is 35.6 Å². The summed E-state index contributed by atoms with van der Waals surface area (Å²) in [6.45, 7) is 3.92. The molecule has 0 saturated carbocycles. The Hall–Kier alpha value is -3.46. The number of aliphatic imine (C=N–C) groups is 1. The van der Waals surface area contributed by atoms with E-state index < -0.39 is 29.2 Å². The lowest BCUT2D eigenvalue weighted by Crippen LogP contribution is -2.48. The smallest absolute Gasteiger partial charge is 0.252 e. The van der Waals surface area contributed by atoms with E-state index >= 15 is 0 Å². The number of aliphatic hydroxyl groups is 1. The van der Waals surface area contributed by atoms with Crippen LogP contribution in [-0.4, -0.2) is 35.7 Å². The van der Waals surface area contributed by atoms with Crippen molar-refractivity contribution in [3.05, 3.63) is 112 Å². The lowest BCUT2D eigenvalue weighted by Gasteiger charge is -2.30. The highest BCUT2D eigenvalue weighted by molar-refractivity contribution is 6.35. The minimum absolute atomic E-state index is 0.0157. The number of benzene rings is 3. The van der Waals surface area contributed by atoms with E-state index in [9.17, 15) is 13.6 Å². The van der Waals surface area contributed by atoms with Gasteiger partial charge in [-0.1, -0.05) is 35.3 Å². The molecular formula is C29H26Cl2F2N2O4. The molecule has 0 bridgehead atoms. The summed E-state index contributed by atoms with van der Waals surface area (Å²) >= 11 is 12.6. The highest BCUT2D eigenvalue weighted by Crippen LogP contribution is 2.45. The quantitative estimate of drug-likeness (QED) is 0.211. The highest BCUT2D eigenvalue weighted by atomic mass is 35.5. The van der Waals surface area contributed by atoms with Gasteiger partial charge in [-0.25, -0.2) is 13.8 Å². The Balaban J connectivity index is 1.70. The van der Waals surface area contributed by atoms with Gasteiger partial charge < -0.3 is 19.9 Å². The van der Waals surface area contributed by atoms with Crippen molar-refractivity contribution in [3.8, 4) is 5.75 Å². The number of ether oxygens (including phenoxy) is 2. The predicted molar refractivity (Wildman–Crippen MR) is 146 cm³/mol. The van der Waals surface area contributed by atoms with Crippen molar-refractivity contribution in [1.29, 1.82) is 0 Å². The topological polar surface area (TPSA) is 80.2 Å². The normalized spacial score (nSPS) is 18.3. The van der Waals surface area contributed by atoms with Crippen molar-refractivity contribution >= 4 is 35.0 Å². The minimum atomic E-state index is -1.56. The van der Waals surface area contributed by atoms with Crippen molar-refractivity contribution in [2.75, 3.05) is 13.2 Å². The molecule has 1 aliphatic rings. The summed E-state index contributed by atoms with van der Waals surface area (Å²) in [5.74, 6) is -1.08. The molecule has 1 amide bonds. The summed E-state index contributed by atoms with van der Waals surface area (Å²) in [6, 6.07) is 14.8.